The monoisotopic (exact) mass is 261 g/mol. The Bertz CT molecular complexity index is 320. The van der Waals surface area contributed by atoms with Crippen LogP contribution in [0, 0.1) is 0 Å². The molecule has 2 rings (SSSR count). The minimum absolute atomic E-state index is 0.233. The van der Waals surface area contributed by atoms with E-state index in [0.717, 1.165) is 32.6 Å². The number of hydrogen-bond donors (Lipinski definition) is 2. The molecule has 0 saturated carbocycles. The fourth-order valence-corrected chi connectivity index (χ4v) is 3.92. The standard InChI is InChI=1S/C11H23N3O2S/c15-17(16,11-4-5-12-10-11)13-6-9-14-7-2-1-3-8-14/h11-13H,1-10H2. The molecule has 2 aliphatic rings. The zero-order valence-corrected chi connectivity index (χ0v) is 11.1. The van der Waals surface area contributed by atoms with Crippen molar-refractivity contribution in [2.45, 2.75) is 30.9 Å². The first-order valence-corrected chi connectivity index (χ1v) is 8.15. The molecule has 100 valence electrons. The number of piperidine rings is 1. The van der Waals surface area contributed by atoms with Crippen molar-refractivity contribution in [1.82, 2.24) is 14.9 Å². The van der Waals surface area contributed by atoms with Crippen LogP contribution in [0.1, 0.15) is 25.7 Å². The zero-order chi connectivity index (χ0) is 12.1. The van der Waals surface area contributed by atoms with Crippen LogP contribution in [-0.4, -0.2) is 57.8 Å². The van der Waals surface area contributed by atoms with Gasteiger partial charge in [0.25, 0.3) is 0 Å². The smallest absolute Gasteiger partial charge is 0.215 e. The zero-order valence-electron chi connectivity index (χ0n) is 10.3. The molecule has 0 aromatic carbocycles. The van der Waals surface area contributed by atoms with E-state index in [4.69, 9.17) is 0 Å². The predicted molar refractivity (Wildman–Crippen MR) is 68.5 cm³/mol. The van der Waals surface area contributed by atoms with Crippen LogP contribution in [-0.2, 0) is 10.0 Å². The molecule has 17 heavy (non-hydrogen) atoms. The van der Waals surface area contributed by atoms with Crippen LogP contribution < -0.4 is 10.0 Å². The third-order valence-corrected chi connectivity index (χ3v) is 5.52. The van der Waals surface area contributed by atoms with Crippen molar-refractivity contribution >= 4 is 10.0 Å². The highest BCUT2D eigenvalue weighted by Crippen LogP contribution is 2.09. The predicted octanol–water partition coefficient (Wildman–Crippen LogP) is -0.246. The molecular formula is C11H23N3O2S. The largest absolute Gasteiger partial charge is 0.315 e. The number of sulfonamides is 1. The number of likely N-dealkylation sites (tertiary alicyclic amines) is 1. The lowest BCUT2D eigenvalue weighted by Crippen LogP contribution is -2.41. The second kappa shape index (κ2) is 6.13. The molecule has 0 bridgehead atoms. The Hall–Kier alpha value is -0.170. The Balaban J connectivity index is 1.69. The molecule has 2 aliphatic heterocycles. The van der Waals surface area contributed by atoms with Crippen molar-refractivity contribution in [2.75, 3.05) is 39.3 Å². The Kier molecular flexibility index (Phi) is 4.78. The molecule has 1 unspecified atom stereocenters. The Morgan fingerprint density at radius 2 is 2.00 bits per heavy atom. The van der Waals surface area contributed by atoms with Crippen LogP contribution in [0.2, 0.25) is 0 Å². The van der Waals surface area contributed by atoms with Crippen molar-refractivity contribution in [3.05, 3.63) is 0 Å². The van der Waals surface area contributed by atoms with Gasteiger partial charge in [-0.2, -0.15) is 0 Å². The highest BCUT2D eigenvalue weighted by atomic mass is 32.2. The van der Waals surface area contributed by atoms with E-state index in [2.05, 4.69) is 14.9 Å². The molecule has 0 aromatic rings. The molecule has 2 saturated heterocycles. The average molecular weight is 261 g/mol. The quantitative estimate of drug-likeness (QED) is 0.717. The molecule has 5 nitrogen and oxygen atoms in total. The van der Waals surface area contributed by atoms with Gasteiger partial charge in [0, 0.05) is 19.6 Å². The van der Waals surface area contributed by atoms with Crippen molar-refractivity contribution in [1.29, 1.82) is 0 Å². The fraction of sp³-hybridized carbons (Fsp3) is 1.00. The number of hydrogen-bond acceptors (Lipinski definition) is 4. The summed E-state index contributed by atoms with van der Waals surface area (Å²) >= 11 is 0. The summed E-state index contributed by atoms with van der Waals surface area (Å²) in [5.74, 6) is 0. The third kappa shape index (κ3) is 3.91. The maximum absolute atomic E-state index is 11.9. The Morgan fingerprint density at radius 3 is 2.65 bits per heavy atom. The van der Waals surface area contributed by atoms with Gasteiger partial charge >= 0.3 is 0 Å². The minimum atomic E-state index is -3.10. The molecule has 1 atom stereocenters. The van der Waals surface area contributed by atoms with Crippen molar-refractivity contribution < 1.29 is 8.42 Å². The highest BCUT2D eigenvalue weighted by Gasteiger charge is 2.28. The lowest BCUT2D eigenvalue weighted by molar-refractivity contribution is 0.232. The molecule has 2 N–H and O–H groups in total. The SMILES string of the molecule is O=S(=O)(NCCN1CCCCC1)C1CCNC1. The van der Waals surface area contributed by atoms with Gasteiger partial charge in [-0.15, -0.1) is 0 Å². The van der Waals surface area contributed by atoms with Crippen LogP contribution in [0.4, 0.5) is 0 Å². The second-order valence-electron chi connectivity index (χ2n) is 4.96. The lowest BCUT2D eigenvalue weighted by atomic mass is 10.1. The van der Waals surface area contributed by atoms with Crippen LogP contribution >= 0.6 is 0 Å². The van der Waals surface area contributed by atoms with Gasteiger partial charge in [0.2, 0.25) is 10.0 Å². The van der Waals surface area contributed by atoms with Gasteiger partial charge in [-0.05, 0) is 38.9 Å². The van der Waals surface area contributed by atoms with Gasteiger partial charge in [-0.25, -0.2) is 13.1 Å². The first-order chi connectivity index (χ1) is 8.18. The van der Waals surface area contributed by atoms with E-state index in [1.165, 1.54) is 19.3 Å². The number of nitrogens with one attached hydrogen (secondary N) is 2. The summed E-state index contributed by atoms with van der Waals surface area (Å²) in [6, 6.07) is 0. The Morgan fingerprint density at radius 1 is 1.24 bits per heavy atom. The van der Waals surface area contributed by atoms with E-state index in [0.29, 0.717) is 13.1 Å². The minimum Gasteiger partial charge on any atom is -0.315 e. The van der Waals surface area contributed by atoms with Crippen molar-refractivity contribution in [3.8, 4) is 0 Å². The maximum Gasteiger partial charge on any atom is 0.215 e. The van der Waals surface area contributed by atoms with Gasteiger partial charge in [0.15, 0.2) is 0 Å². The van der Waals surface area contributed by atoms with Gasteiger partial charge in [0.1, 0.15) is 0 Å². The summed E-state index contributed by atoms with van der Waals surface area (Å²) in [5.41, 5.74) is 0. The molecule has 2 fully saturated rings. The van der Waals surface area contributed by atoms with Crippen molar-refractivity contribution in [3.63, 3.8) is 0 Å². The van der Waals surface area contributed by atoms with Crippen LogP contribution in [0.3, 0.4) is 0 Å². The molecule has 0 amide bonds. The topological polar surface area (TPSA) is 61.4 Å². The van der Waals surface area contributed by atoms with E-state index < -0.39 is 10.0 Å². The molecule has 0 spiro atoms. The molecule has 0 aromatic heterocycles. The highest BCUT2D eigenvalue weighted by molar-refractivity contribution is 7.90. The van der Waals surface area contributed by atoms with Crippen molar-refractivity contribution in [2.24, 2.45) is 0 Å². The Labute approximate surface area is 104 Å². The van der Waals surface area contributed by atoms with Gasteiger partial charge < -0.3 is 10.2 Å². The van der Waals surface area contributed by atoms with E-state index in [1.54, 1.807) is 0 Å². The molecular weight excluding hydrogens is 238 g/mol. The van der Waals surface area contributed by atoms with Crippen LogP contribution in [0.25, 0.3) is 0 Å². The summed E-state index contributed by atoms with van der Waals surface area (Å²) in [6.07, 6.45) is 4.55. The number of nitrogens with zero attached hydrogens (tertiary/aromatic N) is 1. The second-order valence-corrected chi connectivity index (χ2v) is 7.00. The van der Waals surface area contributed by atoms with Crippen LogP contribution in [0.15, 0.2) is 0 Å². The first kappa shape index (κ1) is 13.3. The van der Waals surface area contributed by atoms with Crippen LogP contribution in [0.5, 0.6) is 0 Å². The van der Waals surface area contributed by atoms with E-state index in [1.807, 2.05) is 0 Å². The molecule has 6 heteroatoms. The van der Waals surface area contributed by atoms with Gasteiger partial charge in [-0.3, -0.25) is 0 Å². The molecule has 0 aliphatic carbocycles. The first-order valence-electron chi connectivity index (χ1n) is 6.60. The normalized spacial score (nSPS) is 27.4. The maximum atomic E-state index is 11.9. The third-order valence-electron chi connectivity index (χ3n) is 3.63. The summed E-state index contributed by atoms with van der Waals surface area (Å²) < 4.78 is 26.5. The van der Waals surface area contributed by atoms with Gasteiger partial charge in [-0.1, -0.05) is 6.42 Å². The average Bonchev–Trinajstić information content (AvgIpc) is 2.84. The molecule has 2 heterocycles. The van der Waals surface area contributed by atoms with E-state index in [-0.39, 0.29) is 5.25 Å². The summed E-state index contributed by atoms with van der Waals surface area (Å²) in [5, 5.41) is 2.86. The fourth-order valence-electron chi connectivity index (χ4n) is 2.54. The van der Waals surface area contributed by atoms with Gasteiger partial charge in [0.05, 0.1) is 5.25 Å². The molecule has 0 radical (unpaired) electrons. The lowest BCUT2D eigenvalue weighted by Gasteiger charge is -2.26. The summed E-state index contributed by atoms with van der Waals surface area (Å²) in [7, 11) is -3.10. The van der Waals surface area contributed by atoms with E-state index in [9.17, 15) is 8.42 Å². The summed E-state index contributed by atoms with van der Waals surface area (Å²) in [6.45, 7) is 5.05. The summed E-state index contributed by atoms with van der Waals surface area (Å²) in [4.78, 5) is 2.35. The van der Waals surface area contributed by atoms with E-state index >= 15 is 0 Å². The number of rotatable bonds is 5.